The number of ether oxygens (including phenoxy) is 1. The van der Waals surface area contributed by atoms with Gasteiger partial charge in [-0.25, -0.2) is 9.48 Å². The highest BCUT2D eigenvalue weighted by Gasteiger charge is 2.23. The number of rotatable bonds is 8. The third-order valence-corrected chi connectivity index (χ3v) is 4.81. The standard InChI is InChI=1S/C24H27N3O4/c1-16(2)15-27-23(29)20-12-8-7-11-19(20)21(26-27)24(30)31-17(3)22(28)25-14-13-18-9-5-4-6-10-18/h4-12,16-17H,13-15H2,1-3H3,(H,25,28)/t17-/m1/s1. The van der Waals surface area contributed by atoms with Crippen LogP contribution in [-0.2, 0) is 22.5 Å². The van der Waals surface area contributed by atoms with Crippen molar-refractivity contribution < 1.29 is 14.3 Å². The molecule has 0 radical (unpaired) electrons. The predicted molar refractivity (Wildman–Crippen MR) is 119 cm³/mol. The van der Waals surface area contributed by atoms with E-state index >= 15 is 0 Å². The van der Waals surface area contributed by atoms with Gasteiger partial charge in [-0.05, 0) is 30.9 Å². The maximum absolute atomic E-state index is 12.8. The minimum Gasteiger partial charge on any atom is -0.448 e. The van der Waals surface area contributed by atoms with Crippen molar-refractivity contribution in [1.29, 1.82) is 0 Å². The van der Waals surface area contributed by atoms with E-state index < -0.39 is 12.1 Å². The first-order valence-corrected chi connectivity index (χ1v) is 10.4. The number of hydrogen-bond acceptors (Lipinski definition) is 5. The molecule has 0 saturated carbocycles. The zero-order chi connectivity index (χ0) is 22.4. The molecule has 1 atom stereocenters. The molecule has 31 heavy (non-hydrogen) atoms. The number of fused-ring (bicyclic) bond motifs is 1. The van der Waals surface area contributed by atoms with Crippen LogP contribution in [0.5, 0.6) is 0 Å². The Kier molecular flexibility index (Phi) is 7.18. The Balaban J connectivity index is 1.72. The highest BCUT2D eigenvalue weighted by molar-refractivity contribution is 6.02. The normalized spacial score (nSPS) is 12.0. The van der Waals surface area contributed by atoms with Gasteiger partial charge in [-0.1, -0.05) is 62.4 Å². The van der Waals surface area contributed by atoms with Gasteiger partial charge in [0.25, 0.3) is 11.5 Å². The van der Waals surface area contributed by atoms with Crippen molar-refractivity contribution in [1.82, 2.24) is 15.1 Å². The maximum Gasteiger partial charge on any atom is 0.360 e. The molecule has 0 aliphatic heterocycles. The van der Waals surface area contributed by atoms with Crippen LogP contribution in [0.15, 0.2) is 59.4 Å². The number of esters is 1. The van der Waals surface area contributed by atoms with Crippen LogP contribution in [0.25, 0.3) is 10.8 Å². The first-order chi connectivity index (χ1) is 14.9. The van der Waals surface area contributed by atoms with Gasteiger partial charge in [0.15, 0.2) is 11.8 Å². The molecular formula is C24H27N3O4. The molecule has 7 nitrogen and oxygen atoms in total. The van der Waals surface area contributed by atoms with Crippen molar-refractivity contribution in [2.45, 2.75) is 39.8 Å². The summed E-state index contributed by atoms with van der Waals surface area (Å²) < 4.78 is 6.67. The Hall–Kier alpha value is -3.48. The van der Waals surface area contributed by atoms with E-state index in [4.69, 9.17) is 4.74 Å². The molecule has 7 heteroatoms. The average Bonchev–Trinajstić information content (AvgIpc) is 2.76. The van der Waals surface area contributed by atoms with Gasteiger partial charge in [0, 0.05) is 18.5 Å². The van der Waals surface area contributed by atoms with Crippen LogP contribution < -0.4 is 10.9 Å². The summed E-state index contributed by atoms with van der Waals surface area (Å²) in [7, 11) is 0. The summed E-state index contributed by atoms with van der Waals surface area (Å²) >= 11 is 0. The van der Waals surface area contributed by atoms with E-state index in [2.05, 4.69) is 10.4 Å². The van der Waals surface area contributed by atoms with Crippen LogP contribution in [0.3, 0.4) is 0 Å². The van der Waals surface area contributed by atoms with Gasteiger partial charge >= 0.3 is 5.97 Å². The van der Waals surface area contributed by atoms with Crippen molar-refractivity contribution in [3.63, 3.8) is 0 Å². The summed E-state index contributed by atoms with van der Waals surface area (Å²) in [6.45, 7) is 6.25. The van der Waals surface area contributed by atoms with Gasteiger partial charge in [0.05, 0.1) is 5.39 Å². The fourth-order valence-corrected chi connectivity index (χ4v) is 3.24. The smallest absolute Gasteiger partial charge is 0.360 e. The van der Waals surface area contributed by atoms with Crippen LogP contribution in [0, 0.1) is 5.92 Å². The van der Waals surface area contributed by atoms with Gasteiger partial charge in [0.1, 0.15) is 0 Å². The molecule has 3 rings (SSSR count). The predicted octanol–water partition coefficient (Wildman–Crippen LogP) is 2.96. The van der Waals surface area contributed by atoms with E-state index in [9.17, 15) is 14.4 Å². The lowest BCUT2D eigenvalue weighted by atomic mass is 10.1. The number of hydrogen-bond donors (Lipinski definition) is 1. The summed E-state index contributed by atoms with van der Waals surface area (Å²) in [4.78, 5) is 37.9. The third-order valence-electron chi connectivity index (χ3n) is 4.81. The summed E-state index contributed by atoms with van der Waals surface area (Å²) in [5.41, 5.74) is 0.878. The maximum atomic E-state index is 12.8. The third kappa shape index (κ3) is 5.57. The molecule has 0 aliphatic rings. The van der Waals surface area contributed by atoms with Crippen LogP contribution in [0.2, 0.25) is 0 Å². The Bertz CT molecular complexity index is 1120. The van der Waals surface area contributed by atoms with Crippen molar-refractivity contribution in [3.8, 4) is 0 Å². The lowest BCUT2D eigenvalue weighted by molar-refractivity contribution is -0.129. The molecule has 0 saturated heterocycles. The van der Waals surface area contributed by atoms with E-state index in [1.165, 1.54) is 11.6 Å². The van der Waals surface area contributed by atoms with Crippen molar-refractivity contribution in [2.75, 3.05) is 6.54 Å². The van der Waals surface area contributed by atoms with Crippen molar-refractivity contribution in [3.05, 3.63) is 76.2 Å². The minimum absolute atomic E-state index is 0.0276. The largest absolute Gasteiger partial charge is 0.448 e. The average molecular weight is 421 g/mol. The summed E-state index contributed by atoms with van der Waals surface area (Å²) in [5, 5.41) is 7.84. The van der Waals surface area contributed by atoms with E-state index in [0.717, 1.165) is 5.56 Å². The fraction of sp³-hybridized carbons (Fsp3) is 0.333. The SMILES string of the molecule is CC(C)Cn1nc(C(=O)O[C@H](C)C(=O)NCCc2ccccc2)c2ccccc2c1=O. The van der Waals surface area contributed by atoms with Crippen LogP contribution in [-0.4, -0.2) is 34.3 Å². The molecule has 0 bridgehead atoms. The quantitative estimate of drug-likeness (QED) is 0.565. The number of carbonyl (C=O) groups excluding carboxylic acids is 2. The van der Waals surface area contributed by atoms with Gasteiger partial charge in [-0.15, -0.1) is 0 Å². The summed E-state index contributed by atoms with van der Waals surface area (Å²) in [6.07, 6.45) is -0.311. The Labute approximate surface area is 181 Å². The molecule has 3 aromatic rings. The molecular weight excluding hydrogens is 394 g/mol. The summed E-state index contributed by atoms with van der Waals surface area (Å²) in [5.74, 6) is -0.951. The monoisotopic (exact) mass is 421 g/mol. The van der Waals surface area contributed by atoms with Gasteiger partial charge < -0.3 is 10.1 Å². The second-order valence-electron chi connectivity index (χ2n) is 7.85. The Morgan fingerprint density at radius 1 is 1.00 bits per heavy atom. The lowest BCUT2D eigenvalue weighted by Gasteiger charge is -2.15. The van der Waals surface area contributed by atoms with E-state index in [-0.39, 0.29) is 23.1 Å². The summed E-state index contributed by atoms with van der Waals surface area (Å²) in [6, 6.07) is 16.6. The molecule has 1 amide bonds. The second-order valence-corrected chi connectivity index (χ2v) is 7.85. The van der Waals surface area contributed by atoms with E-state index in [1.54, 1.807) is 24.3 Å². The van der Waals surface area contributed by atoms with E-state index in [0.29, 0.717) is 30.3 Å². The molecule has 1 N–H and O–H groups in total. The van der Waals surface area contributed by atoms with Crippen molar-refractivity contribution in [2.24, 2.45) is 5.92 Å². The molecule has 1 heterocycles. The van der Waals surface area contributed by atoms with Crippen LogP contribution in [0.1, 0.15) is 36.8 Å². The number of nitrogens with one attached hydrogen (secondary N) is 1. The fourth-order valence-electron chi connectivity index (χ4n) is 3.24. The van der Waals surface area contributed by atoms with Gasteiger partial charge in [-0.2, -0.15) is 5.10 Å². The minimum atomic E-state index is -0.991. The van der Waals surface area contributed by atoms with Gasteiger partial charge in [0.2, 0.25) is 0 Å². The number of benzene rings is 2. The highest BCUT2D eigenvalue weighted by atomic mass is 16.5. The molecule has 1 aromatic heterocycles. The lowest BCUT2D eigenvalue weighted by Crippen LogP contribution is -2.37. The highest BCUT2D eigenvalue weighted by Crippen LogP contribution is 2.15. The molecule has 2 aromatic carbocycles. The zero-order valence-electron chi connectivity index (χ0n) is 18.0. The number of carbonyl (C=O) groups is 2. The Morgan fingerprint density at radius 2 is 1.65 bits per heavy atom. The first kappa shape index (κ1) is 22.2. The molecule has 0 aliphatic carbocycles. The Morgan fingerprint density at radius 3 is 2.32 bits per heavy atom. The van der Waals surface area contributed by atoms with E-state index in [1.807, 2.05) is 44.2 Å². The first-order valence-electron chi connectivity index (χ1n) is 10.4. The number of aromatic nitrogens is 2. The topological polar surface area (TPSA) is 90.3 Å². The number of amides is 1. The van der Waals surface area contributed by atoms with Crippen molar-refractivity contribution >= 4 is 22.6 Å². The molecule has 0 spiro atoms. The molecule has 0 fully saturated rings. The molecule has 162 valence electrons. The van der Waals surface area contributed by atoms with Crippen LogP contribution >= 0.6 is 0 Å². The van der Waals surface area contributed by atoms with Crippen LogP contribution in [0.4, 0.5) is 0 Å². The zero-order valence-corrected chi connectivity index (χ0v) is 18.0. The second kappa shape index (κ2) is 10.0. The number of nitrogens with zero attached hydrogens (tertiary/aromatic N) is 2. The van der Waals surface area contributed by atoms with Gasteiger partial charge in [-0.3, -0.25) is 9.59 Å². The molecule has 0 unspecified atom stereocenters.